The van der Waals surface area contributed by atoms with Gasteiger partial charge in [-0.15, -0.1) is 0 Å². The number of benzene rings is 7. The van der Waals surface area contributed by atoms with E-state index in [0.29, 0.717) is 0 Å². The van der Waals surface area contributed by atoms with Gasteiger partial charge < -0.3 is 9.80 Å². The normalized spacial score (nSPS) is 18.4. The van der Waals surface area contributed by atoms with Crippen molar-refractivity contribution in [3.05, 3.63) is 174 Å². The SMILES string of the molecule is c1ccc2c(c1)B1c3ccccc3N(c3ccc4c(c3)C3(CCCCC3)c3ccccc3-4)c3cccc(c31)N2c1ccc2c(c1)C1(CCCCC1)c1ccccc1-2. The molecule has 2 heterocycles. The van der Waals surface area contributed by atoms with Crippen molar-refractivity contribution < 1.29 is 0 Å². The maximum Gasteiger partial charge on any atom is 0.252 e. The summed E-state index contributed by atoms with van der Waals surface area (Å²) in [7, 11) is 0. The van der Waals surface area contributed by atoms with Gasteiger partial charge in [-0.25, -0.2) is 0 Å². The van der Waals surface area contributed by atoms with Crippen molar-refractivity contribution in [3.63, 3.8) is 0 Å². The van der Waals surface area contributed by atoms with Crippen LogP contribution in [0.15, 0.2) is 152 Å². The van der Waals surface area contributed by atoms with Gasteiger partial charge in [0.15, 0.2) is 0 Å². The standard InChI is InChI=1S/C54H45BN2/c1-11-30-53(31-12-1)42-18-5-3-16-38(42)40-28-26-36(34-44(40)53)56-48-22-9-7-20-46(48)55-47-21-8-10-23-49(47)57(51-25-15-24-50(56)52(51)55)37-27-29-41-39-17-4-6-19-43(39)54(45(41)35-37)32-13-2-14-33-54/h3-10,15-29,34-35H,1-2,11-14,30-33H2. The molecule has 0 atom stereocenters. The van der Waals surface area contributed by atoms with E-state index in [1.54, 1.807) is 11.1 Å². The van der Waals surface area contributed by atoms with E-state index >= 15 is 0 Å². The fraction of sp³-hybridized carbons (Fsp3) is 0.222. The maximum atomic E-state index is 2.60. The topological polar surface area (TPSA) is 6.48 Å². The molecule has 13 rings (SSSR count). The molecule has 0 N–H and O–H groups in total. The van der Waals surface area contributed by atoms with E-state index in [0.717, 1.165) is 0 Å². The molecule has 2 saturated carbocycles. The largest absolute Gasteiger partial charge is 0.311 e. The molecule has 2 fully saturated rings. The molecule has 2 nitrogen and oxygen atoms in total. The van der Waals surface area contributed by atoms with Crippen LogP contribution in [0.1, 0.15) is 86.5 Å². The van der Waals surface area contributed by atoms with Gasteiger partial charge in [0.1, 0.15) is 0 Å². The quantitative estimate of drug-likeness (QED) is 0.163. The first-order valence-corrected chi connectivity index (χ1v) is 21.7. The van der Waals surface area contributed by atoms with E-state index in [2.05, 4.69) is 161 Å². The summed E-state index contributed by atoms with van der Waals surface area (Å²) in [6, 6.07) is 59.0. The Morgan fingerprint density at radius 1 is 0.351 bits per heavy atom. The summed E-state index contributed by atoms with van der Waals surface area (Å²) in [6.07, 6.45) is 12.8. The minimum Gasteiger partial charge on any atom is -0.311 e. The molecule has 3 heteroatoms. The molecular formula is C54H45BN2. The van der Waals surface area contributed by atoms with Crippen LogP contribution < -0.4 is 26.2 Å². The van der Waals surface area contributed by atoms with E-state index in [-0.39, 0.29) is 17.5 Å². The van der Waals surface area contributed by atoms with Crippen molar-refractivity contribution >= 4 is 57.2 Å². The third-order valence-electron chi connectivity index (χ3n) is 15.2. The van der Waals surface area contributed by atoms with Crippen molar-refractivity contribution in [1.82, 2.24) is 0 Å². The Hall–Kier alpha value is -5.80. The lowest BCUT2D eigenvalue weighted by Gasteiger charge is -2.44. The fourth-order valence-corrected chi connectivity index (χ4v) is 12.9. The lowest BCUT2D eigenvalue weighted by atomic mass is 9.33. The van der Waals surface area contributed by atoms with Gasteiger partial charge in [-0.05, 0) is 135 Å². The summed E-state index contributed by atoms with van der Waals surface area (Å²) in [5.41, 5.74) is 24.0. The van der Waals surface area contributed by atoms with Crippen LogP contribution in [0.25, 0.3) is 22.3 Å². The second kappa shape index (κ2) is 11.9. The van der Waals surface area contributed by atoms with Crippen LogP contribution in [-0.4, -0.2) is 6.71 Å². The van der Waals surface area contributed by atoms with Crippen molar-refractivity contribution in [2.45, 2.75) is 75.0 Å². The van der Waals surface area contributed by atoms with Crippen molar-refractivity contribution in [2.75, 3.05) is 9.80 Å². The van der Waals surface area contributed by atoms with Crippen LogP contribution in [-0.2, 0) is 10.8 Å². The summed E-state index contributed by atoms with van der Waals surface area (Å²) in [6.45, 7) is 0.142. The highest BCUT2D eigenvalue weighted by Gasteiger charge is 2.47. The molecule has 0 unspecified atom stereocenters. The minimum atomic E-state index is 0.104. The summed E-state index contributed by atoms with van der Waals surface area (Å²) >= 11 is 0. The van der Waals surface area contributed by atoms with E-state index in [4.69, 9.17) is 0 Å². The Balaban J connectivity index is 1.02. The molecule has 0 bridgehead atoms. The molecular weight excluding hydrogens is 687 g/mol. The first kappa shape index (κ1) is 32.3. The van der Waals surface area contributed by atoms with Crippen molar-refractivity contribution in [3.8, 4) is 22.3 Å². The first-order valence-electron chi connectivity index (χ1n) is 21.7. The van der Waals surface area contributed by atoms with Gasteiger partial charge in [0, 0.05) is 45.0 Å². The van der Waals surface area contributed by atoms with E-state index in [1.807, 2.05) is 0 Å². The zero-order valence-corrected chi connectivity index (χ0v) is 32.5. The van der Waals surface area contributed by atoms with Crippen LogP contribution >= 0.6 is 0 Å². The van der Waals surface area contributed by atoms with Crippen molar-refractivity contribution in [1.29, 1.82) is 0 Å². The number of hydrogen-bond donors (Lipinski definition) is 0. The highest BCUT2D eigenvalue weighted by molar-refractivity contribution is 7.00. The smallest absolute Gasteiger partial charge is 0.252 e. The van der Waals surface area contributed by atoms with E-state index in [9.17, 15) is 0 Å². The highest BCUT2D eigenvalue weighted by Crippen LogP contribution is 2.59. The molecule has 0 radical (unpaired) electrons. The summed E-state index contributed by atoms with van der Waals surface area (Å²) < 4.78 is 0. The van der Waals surface area contributed by atoms with Gasteiger partial charge >= 0.3 is 0 Å². The summed E-state index contributed by atoms with van der Waals surface area (Å²) in [4.78, 5) is 5.21. The molecule has 57 heavy (non-hydrogen) atoms. The Morgan fingerprint density at radius 3 is 1.25 bits per heavy atom. The first-order chi connectivity index (χ1) is 28.3. The van der Waals surface area contributed by atoms with Gasteiger partial charge in [0.05, 0.1) is 0 Å². The van der Waals surface area contributed by atoms with Gasteiger partial charge in [0.25, 0.3) is 6.71 Å². The predicted octanol–water partition coefficient (Wildman–Crippen LogP) is 12.2. The molecule has 6 aliphatic rings. The lowest BCUT2D eigenvalue weighted by Crippen LogP contribution is -2.61. The van der Waals surface area contributed by atoms with Crippen LogP contribution in [0, 0.1) is 0 Å². The molecule has 2 spiro atoms. The number of hydrogen-bond acceptors (Lipinski definition) is 2. The second-order valence-electron chi connectivity index (χ2n) is 17.8. The van der Waals surface area contributed by atoms with Gasteiger partial charge in [-0.3, -0.25) is 0 Å². The van der Waals surface area contributed by atoms with Crippen LogP contribution in [0.3, 0.4) is 0 Å². The van der Waals surface area contributed by atoms with Gasteiger partial charge in [0.2, 0.25) is 0 Å². The average Bonchev–Trinajstić information content (AvgIpc) is 3.69. The molecule has 274 valence electrons. The number of rotatable bonds is 2. The monoisotopic (exact) mass is 732 g/mol. The Labute approximate surface area is 336 Å². The van der Waals surface area contributed by atoms with E-state index < -0.39 is 0 Å². The van der Waals surface area contributed by atoms with Gasteiger partial charge in [-0.1, -0.05) is 142 Å². The lowest BCUT2D eigenvalue weighted by molar-refractivity contribution is 0.353. The van der Waals surface area contributed by atoms with E-state index in [1.165, 1.54) is 148 Å². The zero-order chi connectivity index (χ0) is 37.3. The Morgan fingerprint density at radius 2 is 0.754 bits per heavy atom. The minimum absolute atomic E-state index is 0.104. The third-order valence-corrected chi connectivity index (χ3v) is 15.2. The molecule has 0 aromatic heterocycles. The zero-order valence-electron chi connectivity index (χ0n) is 32.5. The average molecular weight is 733 g/mol. The maximum absolute atomic E-state index is 2.60. The number of para-hydroxylation sites is 2. The fourth-order valence-electron chi connectivity index (χ4n) is 12.9. The number of anilines is 6. The van der Waals surface area contributed by atoms with Crippen molar-refractivity contribution in [2.24, 2.45) is 0 Å². The Bertz CT molecular complexity index is 2620. The predicted molar refractivity (Wildman–Crippen MR) is 239 cm³/mol. The van der Waals surface area contributed by atoms with Gasteiger partial charge in [-0.2, -0.15) is 0 Å². The third kappa shape index (κ3) is 4.22. The van der Waals surface area contributed by atoms with Crippen LogP contribution in [0.2, 0.25) is 0 Å². The molecule has 7 aromatic carbocycles. The molecule has 7 aromatic rings. The van der Waals surface area contributed by atoms with Crippen LogP contribution in [0.5, 0.6) is 0 Å². The second-order valence-corrected chi connectivity index (χ2v) is 17.8. The highest BCUT2D eigenvalue weighted by atomic mass is 15.2. The number of nitrogens with zero attached hydrogens (tertiary/aromatic N) is 2. The Kier molecular flexibility index (Phi) is 6.73. The number of fused-ring (bicyclic) bond motifs is 14. The summed E-state index contributed by atoms with van der Waals surface area (Å²) in [5, 5.41) is 0. The molecule has 0 saturated heterocycles. The summed E-state index contributed by atoms with van der Waals surface area (Å²) in [5.74, 6) is 0. The molecule has 4 aliphatic carbocycles. The van der Waals surface area contributed by atoms with Crippen LogP contribution in [0.4, 0.5) is 34.1 Å². The molecule has 2 aliphatic heterocycles. The molecule has 0 amide bonds.